The Hall–Kier alpha value is -3.49. The molecule has 210 valence electrons. The molecule has 0 saturated carbocycles. The summed E-state index contributed by atoms with van der Waals surface area (Å²) < 4.78 is 12.3. The molecule has 2 fully saturated rings. The fourth-order valence-corrected chi connectivity index (χ4v) is 6.98. The fourth-order valence-electron chi connectivity index (χ4n) is 6.98. The summed E-state index contributed by atoms with van der Waals surface area (Å²) in [6.45, 7) is 4.29. The number of carbonyl (C=O) groups is 3. The van der Waals surface area contributed by atoms with Gasteiger partial charge in [-0.2, -0.15) is 0 Å². The predicted molar refractivity (Wildman–Crippen MR) is 150 cm³/mol. The standard InChI is InChI=1S/C32H36N2O6/c1-20(2)17-24(19-35)34-28-30(37)33(23-13-12-21-9-5-6-10-22(21)18-23)15-8-14-32(28)27(29(34)36)26-25(40-32)11-4-3-7-16-39-31(26)38/h4-6,8-14,18,20,24-28,35H,3,7,15-17,19H2,1-2H3/b11-4-/t24-,25+,26-,27+,28?,32+/m1/s1. The number of ether oxygens (including phenoxy) is 2. The average Bonchev–Trinajstić information content (AvgIpc) is 3.36. The Bertz CT molecular complexity index is 1380. The van der Waals surface area contributed by atoms with Crippen LogP contribution in [-0.4, -0.2) is 71.3 Å². The van der Waals surface area contributed by atoms with Gasteiger partial charge in [-0.25, -0.2) is 0 Å². The molecule has 8 heteroatoms. The lowest BCUT2D eigenvalue weighted by molar-refractivity contribution is -0.155. The number of carbonyl (C=O) groups excluding carboxylic acids is 3. The molecule has 2 aromatic rings. The molecule has 40 heavy (non-hydrogen) atoms. The number of rotatable bonds is 5. The first kappa shape index (κ1) is 26.7. The summed E-state index contributed by atoms with van der Waals surface area (Å²) in [4.78, 5) is 45.6. The van der Waals surface area contributed by atoms with E-state index in [9.17, 15) is 19.5 Å². The molecule has 1 N–H and O–H groups in total. The van der Waals surface area contributed by atoms with Crippen LogP contribution < -0.4 is 4.90 Å². The van der Waals surface area contributed by atoms with E-state index in [1.54, 1.807) is 4.90 Å². The van der Waals surface area contributed by atoms with Crippen LogP contribution in [0.5, 0.6) is 0 Å². The van der Waals surface area contributed by atoms with Crippen LogP contribution in [0.15, 0.2) is 66.8 Å². The molecule has 1 spiro atoms. The van der Waals surface area contributed by atoms with Crippen molar-refractivity contribution >= 4 is 34.2 Å². The van der Waals surface area contributed by atoms with Crippen LogP contribution in [0.4, 0.5) is 5.69 Å². The van der Waals surface area contributed by atoms with Crippen molar-refractivity contribution in [3.05, 3.63) is 66.8 Å². The molecular formula is C32H36N2O6. The Morgan fingerprint density at radius 1 is 1.05 bits per heavy atom. The first-order valence-electron chi connectivity index (χ1n) is 14.3. The number of aliphatic hydroxyl groups excluding tert-OH is 1. The first-order valence-corrected chi connectivity index (χ1v) is 14.3. The average molecular weight is 545 g/mol. The Balaban J connectivity index is 1.48. The SMILES string of the molecule is CC(C)C[C@H](CO)N1C(=O)[C@@H]2[C@@H]3C(=O)OCCC/C=C\[C@@H]3O[C@@]23C=CCN(c2ccc4ccccc4c2)C(=O)C13. The van der Waals surface area contributed by atoms with Crippen molar-refractivity contribution in [3.63, 3.8) is 0 Å². The molecule has 0 aromatic heterocycles. The largest absolute Gasteiger partial charge is 0.465 e. The minimum atomic E-state index is -1.36. The van der Waals surface area contributed by atoms with E-state index in [2.05, 4.69) is 0 Å². The number of allylic oxidation sites excluding steroid dienone is 1. The van der Waals surface area contributed by atoms with Crippen molar-refractivity contribution in [2.75, 3.05) is 24.7 Å². The van der Waals surface area contributed by atoms with E-state index in [0.717, 1.165) is 17.2 Å². The van der Waals surface area contributed by atoms with E-state index >= 15 is 0 Å². The summed E-state index contributed by atoms with van der Waals surface area (Å²) in [6, 6.07) is 12.2. The molecule has 2 saturated heterocycles. The number of esters is 1. The summed E-state index contributed by atoms with van der Waals surface area (Å²) in [5.41, 5.74) is -0.646. The zero-order chi connectivity index (χ0) is 28.0. The number of benzene rings is 2. The Morgan fingerprint density at radius 3 is 2.62 bits per heavy atom. The predicted octanol–water partition coefficient (Wildman–Crippen LogP) is 3.62. The van der Waals surface area contributed by atoms with Gasteiger partial charge in [0.15, 0.2) is 0 Å². The Morgan fingerprint density at radius 2 is 1.85 bits per heavy atom. The number of aliphatic hydroxyl groups is 1. The Kier molecular flexibility index (Phi) is 7.00. The van der Waals surface area contributed by atoms with Gasteiger partial charge in [-0.1, -0.05) is 68.5 Å². The van der Waals surface area contributed by atoms with Crippen LogP contribution >= 0.6 is 0 Å². The summed E-state index contributed by atoms with van der Waals surface area (Å²) in [6.07, 6.45) is 8.75. The van der Waals surface area contributed by atoms with E-state index in [1.807, 2.05) is 80.6 Å². The molecule has 0 radical (unpaired) electrons. The fraction of sp³-hybridized carbons (Fsp3) is 0.469. The molecule has 1 unspecified atom stereocenters. The second-order valence-corrected chi connectivity index (χ2v) is 11.7. The van der Waals surface area contributed by atoms with Crippen molar-refractivity contribution in [1.82, 2.24) is 4.90 Å². The van der Waals surface area contributed by atoms with Crippen molar-refractivity contribution < 1.29 is 29.0 Å². The molecule has 4 aliphatic rings. The van der Waals surface area contributed by atoms with Crippen LogP contribution in [-0.2, 0) is 23.9 Å². The number of cyclic esters (lactones) is 1. The molecule has 4 heterocycles. The van der Waals surface area contributed by atoms with Gasteiger partial charge in [0, 0.05) is 12.2 Å². The highest BCUT2D eigenvalue weighted by Gasteiger charge is 2.72. The molecule has 6 rings (SSSR count). The number of nitrogens with zero attached hydrogens (tertiary/aromatic N) is 2. The zero-order valence-electron chi connectivity index (χ0n) is 22.9. The van der Waals surface area contributed by atoms with Crippen molar-refractivity contribution in [1.29, 1.82) is 0 Å². The summed E-state index contributed by atoms with van der Waals surface area (Å²) >= 11 is 0. The second kappa shape index (κ2) is 10.5. The van der Waals surface area contributed by atoms with E-state index in [0.29, 0.717) is 18.5 Å². The minimum absolute atomic E-state index is 0.167. The lowest BCUT2D eigenvalue weighted by Gasteiger charge is -2.39. The highest BCUT2D eigenvalue weighted by molar-refractivity contribution is 6.06. The third-order valence-electron chi connectivity index (χ3n) is 8.68. The highest BCUT2D eigenvalue weighted by Crippen LogP contribution is 2.54. The second-order valence-electron chi connectivity index (χ2n) is 11.7. The van der Waals surface area contributed by atoms with Gasteiger partial charge in [-0.05, 0) is 48.1 Å². The van der Waals surface area contributed by atoms with Gasteiger partial charge in [0.1, 0.15) is 17.6 Å². The Labute approximate surface area is 234 Å². The van der Waals surface area contributed by atoms with Gasteiger partial charge in [0.2, 0.25) is 5.91 Å². The highest BCUT2D eigenvalue weighted by atomic mass is 16.6. The molecule has 2 aromatic carbocycles. The van der Waals surface area contributed by atoms with E-state index in [1.165, 1.54) is 4.90 Å². The molecule has 8 nitrogen and oxygen atoms in total. The maximum absolute atomic E-state index is 14.6. The topological polar surface area (TPSA) is 96.4 Å². The van der Waals surface area contributed by atoms with Gasteiger partial charge in [0.05, 0.1) is 31.3 Å². The lowest BCUT2D eigenvalue weighted by atomic mass is 9.78. The maximum atomic E-state index is 14.6. The number of likely N-dealkylation sites (tertiary alicyclic amines) is 1. The third-order valence-corrected chi connectivity index (χ3v) is 8.68. The molecule has 2 amide bonds. The van der Waals surface area contributed by atoms with E-state index in [4.69, 9.17) is 9.47 Å². The maximum Gasteiger partial charge on any atom is 0.312 e. The molecule has 4 aliphatic heterocycles. The monoisotopic (exact) mass is 544 g/mol. The third kappa shape index (κ3) is 4.25. The molecule has 6 atom stereocenters. The van der Waals surface area contributed by atoms with Crippen LogP contribution in [0.2, 0.25) is 0 Å². The van der Waals surface area contributed by atoms with Gasteiger partial charge in [-0.15, -0.1) is 0 Å². The number of hydrogen-bond acceptors (Lipinski definition) is 6. The number of fused-ring (bicyclic) bond motifs is 3. The van der Waals surface area contributed by atoms with Crippen LogP contribution in [0.1, 0.15) is 33.1 Å². The van der Waals surface area contributed by atoms with Gasteiger partial charge < -0.3 is 24.4 Å². The molecule has 0 bridgehead atoms. The van der Waals surface area contributed by atoms with Gasteiger partial charge in [-0.3, -0.25) is 14.4 Å². The van der Waals surface area contributed by atoms with Crippen LogP contribution in [0.3, 0.4) is 0 Å². The number of hydrogen-bond donors (Lipinski definition) is 1. The van der Waals surface area contributed by atoms with Crippen molar-refractivity contribution in [2.24, 2.45) is 17.8 Å². The zero-order valence-corrected chi connectivity index (χ0v) is 22.9. The van der Waals surface area contributed by atoms with Crippen LogP contribution in [0, 0.1) is 17.8 Å². The van der Waals surface area contributed by atoms with E-state index in [-0.39, 0.29) is 37.5 Å². The van der Waals surface area contributed by atoms with Crippen LogP contribution in [0.25, 0.3) is 10.8 Å². The number of anilines is 1. The molecule has 0 aliphatic carbocycles. The quantitative estimate of drug-likeness (QED) is 0.456. The minimum Gasteiger partial charge on any atom is -0.465 e. The van der Waals surface area contributed by atoms with E-state index < -0.39 is 41.6 Å². The summed E-state index contributed by atoms with van der Waals surface area (Å²) in [5, 5.41) is 12.5. The normalized spacial score (nSPS) is 31.6. The molecular weight excluding hydrogens is 508 g/mol. The van der Waals surface area contributed by atoms with Gasteiger partial charge in [0.25, 0.3) is 5.91 Å². The summed E-state index contributed by atoms with van der Waals surface area (Å²) in [5.74, 6) is -2.76. The summed E-state index contributed by atoms with van der Waals surface area (Å²) in [7, 11) is 0. The lowest BCUT2D eigenvalue weighted by Crippen LogP contribution is -2.58. The van der Waals surface area contributed by atoms with Crippen molar-refractivity contribution in [3.8, 4) is 0 Å². The van der Waals surface area contributed by atoms with Gasteiger partial charge >= 0.3 is 5.97 Å². The van der Waals surface area contributed by atoms with Crippen molar-refractivity contribution in [2.45, 2.75) is 56.9 Å². The first-order chi connectivity index (χ1) is 19.4. The number of amides is 2. The smallest absolute Gasteiger partial charge is 0.312 e.